The molecule has 1 aromatic carbocycles. The first-order valence-corrected chi connectivity index (χ1v) is 8.57. The number of nitrogens with zero attached hydrogens (tertiary/aromatic N) is 3. The summed E-state index contributed by atoms with van der Waals surface area (Å²) in [5.41, 5.74) is 2.17. The van der Waals surface area contributed by atoms with Crippen molar-refractivity contribution in [3.05, 3.63) is 36.0 Å². The van der Waals surface area contributed by atoms with Gasteiger partial charge in [-0.25, -0.2) is 0 Å². The van der Waals surface area contributed by atoms with Gasteiger partial charge in [-0.2, -0.15) is 0 Å². The second-order valence-corrected chi connectivity index (χ2v) is 6.78. The van der Waals surface area contributed by atoms with Crippen LogP contribution in [-0.2, 0) is 11.2 Å². The number of carbonyl (C=O) groups excluding carboxylic acids is 2. The summed E-state index contributed by atoms with van der Waals surface area (Å²) in [6.45, 7) is 3.90. The predicted octanol–water partition coefficient (Wildman–Crippen LogP) is 2.25. The molecular weight excluding hydrogens is 302 g/mol. The van der Waals surface area contributed by atoms with Crippen LogP contribution >= 0.6 is 0 Å². The molecule has 3 rings (SSSR count). The van der Waals surface area contributed by atoms with Crippen molar-refractivity contribution >= 4 is 22.7 Å². The van der Waals surface area contributed by atoms with E-state index in [9.17, 15) is 9.59 Å². The van der Waals surface area contributed by atoms with Crippen molar-refractivity contribution in [1.82, 2.24) is 14.4 Å². The lowest BCUT2D eigenvalue weighted by molar-refractivity contribution is -0.136. The number of likely N-dealkylation sites (tertiary alicyclic amines) is 1. The Morgan fingerprint density at radius 3 is 2.58 bits per heavy atom. The second-order valence-electron chi connectivity index (χ2n) is 6.78. The maximum Gasteiger partial charge on any atom is 0.237 e. The van der Waals surface area contributed by atoms with Crippen LogP contribution in [0.3, 0.4) is 0 Å². The predicted molar refractivity (Wildman–Crippen MR) is 95.2 cm³/mol. The van der Waals surface area contributed by atoms with E-state index in [1.54, 1.807) is 9.47 Å². The zero-order valence-electron chi connectivity index (χ0n) is 14.7. The number of aromatic nitrogens is 1. The zero-order chi connectivity index (χ0) is 17.3. The Hall–Kier alpha value is -2.14. The van der Waals surface area contributed by atoms with E-state index in [2.05, 4.69) is 25.1 Å². The van der Waals surface area contributed by atoms with Crippen molar-refractivity contribution in [2.45, 2.75) is 19.8 Å². The van der Waals surface area contributed by atoms with E-state index < -0.39 is 0 Å². The molecule has 1 fully saturated rings. The summed E-state index contributed by atoms with van der Waals surface area (Å²) in [6.07, 6.45) is 3.40. The maximum absolute atomic E-state index is 12.9. The number of carbonyl (C=O) groups is 2. The summed E-state index contributed by atoms with van der Waals surface area (Å²) in [4.78, 5) is 28.4. The van der Waals surface area contributed by atoms with Gasteiger partial charge in [0.2, 0.25) is 11.8 Å². The molecule has 1 saturated heterocycles. The van der Waals surface area contributed by atoms with Crippen molar-refractivity contribution in [2.24, 2.45) is 5.92 Å². The Morgan fingerprint density at radius 1 is 1.21 bits per heavy atom. The third kappa shape index (κ3) is 3.08. The number of para-hydroxylation sites is 1. The van der Waals surface area contributed by atoms with E-state index in [0.29, 0.717) is 19.5 Å². The van der Waals surface area contributed by atoms with E-state index in [1.807, 2.05) is 31.3 Å². The molecule has 1 aliphatic rings. The molecule has 1 aliphatic heterocycles. The molecule has 0 spiro atoms. The maximum atomic E-state index is 12.9. The van der Waals surface area contributed by atoms with Gasteiger partial charge in [0.1, 0.15) is 0 Å². The minimum absolute atomic E-state index is 0.0852. The molecule has 24 heavy (non-hydrogen) atoms. The molecule has 2 heterocycles. The van der Waals surface area contributed by atoms with Gasteiger partial charge in [-0.15, -0.1) is 0 Å². The van der Waals surface area contributed by atoms with Gasteiger partial charge in [0.25, 0.3) is 0 Å². The highest BCUT2D eigenvalue weighted by molar-refractivity contribution is 5.96. The number of hydrogen-bond acceptors (Lipinski definition) is 3. The smallest absolute Gasteiger partial charge is 0.237 e. The van der Waals surface area contributed by atoms with Gasteiger partial charge in [-0.05, 0) is 32.1 Å². The molecule has 0 radical (unpaired) electrons. The first-order valence-electron chi connectivity index (χ1n) is 8.57. The van der Waals surface area contributed by atoms with Gasteiger partial charge < -0.3 is 9.80 Å². The molecule has 0 saturated carbocycles. The van der Waals surface area contributed by atoms with Crippen LogP contribution in [0.1, 0.15) is 23.7 Å². The summed E-state index contributed by atoms with van der Waals surface area (Å²) in [5.74, 6) is 0.142. The van der Waals surface area contributed by atoms with Crippen molar-refractivity contribution < 1.29 is 9.59 Å². The lowest BCUT2D eigenvalue weighted by atomic mass is 9.98. The first kappa shape index (κ1) is 16.7. The van der Waals surface area contributed by atoms with Gasteiger partial charge in [-0.3, -0.25) is 14.2 Å². The Balaban J connectivity index is 1.82. The lowest BCUT2D eigenvalue weighted by Gasteiger charge is -2.38. The Kier molecular flexibility index (Phi) is 4.71. The van der Waals surface area contributed by atoms with Crippen LogP contribution in [0.15, 0.2) is 30.5 Å². The quantitative estimate of drug-likeness (QED) is 0.846. The number of fused-ring (bicyclic) bond motifs is 1. The molecule has 0 bridgehead atoms. The van der Waals surface area contributed by atoms with Crippen LogP contribution in [-0.4, -0.2) is 59.9 Å². The summed E-state index contributed by atoms with van der Waals surface area (Å²) in [6, 6.07) is 8.06. The van der Waals surface area contributed by atoms with Gasteiger partial charge >= 0.3 is 0 Å². The number of benzene rings is 1. The molecule has 128 valence electrons. The van der Waals surface area contributed by atoms with Crippen LogP contribution in [0.4, 0.5) is 0 Å². The molecule has 5 heteroatoms. The van der Waals surface area contributed by atoms with E-state index in [-0.39, 0.29) is 17.7 Å². The fourth-order valence-electron chi connectivity index (χ4n) is 3.23. The van der Waals surface area contributed by atoms with Crippen molar-refractivity contribution in [3.63, 3.8) is 0 Å². The van der Waals surface area contributed by atoms with E-state index in [0.717, 1.165) is 23.9 Å². The van der Waals surface area contributed by atoms with Gasteiger partial charge in [0.05, 0.1) is 11.4 Å². The van der Waals surface area contributed by atoms with Crippen molar-refractivity contribution in [1.29, 1.82) is 0 Å². The zero-order valence-corrected chi connectivity index (χ0v) is 14.7. The average molecular weight is 327 g/mol. The highest BCUT2D eigenvalue weighted by atomic mass is 16.2. The van der Waals surface area contributed by atoms with E-state index in [4.69, 9.17) is 0 Å². The van der Waals surface area contributed by atoms with Crippen LogP contribution in [0.2, 0.25) is 0 Å². The molecule has 2 aromatic rings. The Morgan fingerprint density at radius 2 is 1.92 bits per heavy atom. The average Bonchev–Trinajstić information content (AvgIpc) is 2.90. The van der Waals surface area contributed by atoms with Crippen LogP contribution in [0.5, 0.6) is 0 Å². The third-order valence-corrected chi connectivity index (χ3v) is 4.75. The molecule has 0 N–H and O–H groups in total. The number of amides is 1. The second kappa shape index (κ2) is 6.77. The summed E-state index contributed by atoms with van der Waals surface area (Å²) in [7, 11) is 4.11. The molecule has 0 unspecified atom stereocenters. The van der Waals surface area contributed by atoms with Crippen LogP contribution in [0, 0.1) is 5.92 Å². The largest absolute Gasteiger partial charge is 0.341 e. The molecule has 1 amide bonds. The first-order chi connectivity index (χ1) is 11.5. The minimum atomic E-state index is -0.0852. The number of rotatable bonds is 5. The van der Waals surface area contributed by atoms with Gasteiger partial charge in [-0.1, -0.05) is 25.1 Å². The minimum Gasteiger partial charge on any atom is -0.341 e. The standard InChI is InChI=1S/C19H25N3O2/c1-4-18(23)21-11-15(12-21)19(24)22-13-14(9-10-20(2)3)16-7-5-6-8-17(16)22/h5-8,13,15H,4,9-12H2,1-3H3. The van der Waals surface area contributed by atoms with Crippen LogP contribution in [0.25, 0.3) is 10.9 Å². The Bertz CT molecular complexity index is 757. The summed E-state index contributed by atoms with van der Waals surface area (Å²) >= 11 is 0. The topological polar surface area (TPSA) is 45.6 Å². The molecule has 5 nitrogen and oxygen atoms in total. The van der Waals surface area contributed by atoms with Crippen molar-refractivity contribution in [2.75, 3.05) is 33.7 Å². The molecular formula is C19H25N3O2. The van der Waals surface area contributed by atoms with E-state index in [1.165, 1.54) is 5.56 Å². The fraction of sp³-hybridized carbons (Fsp3) is 0.474. The lowest BCUT2D eigenvalue weighted by Crippen LogP contribution is -2.53. The number of likely N-dealkylation sites (N-methyl/N-ethyl adjacent to an activating group) is 1. The molecule has 0 atom stereocenters. The van der Waals surface area contributed by atoms with Crippen LogP contribution < -0.4 is 0 Å². The van der Waals surface area contributed by atoms with E-state index >= 15 is 0 Å². The highest BCUT2D eigenvalue weighted by Gasteiger charge is 2.36. The highest BCUT2D eigenvalue weighted by Crippen LogP contribution is 2.26. The van der Waals surface area contributed by atoms with Crippen molar-refractivity contribution in [3.8, 4) is 0 Å². The SMILES string of the molecule is CCC(=O)N1CC(C(=O)n2cc(CCN(C)C)c3ccccc32)C1. The fourth-order valence-corrected chi connectivity index (χ4v) is 3.23. The summed E-state index contributed by atoms with van der Waals surface area (Å²) in [5, 5.41) is 1.15. The van der Waals surface area contributed by atoms with Gasteiger partial charge in [0, 0.05) is 37.6 Å². The monoisotopic (exact) mass is 327 g/mol. The molecule has 1 aromatic heterocycles. The normalized spacial score (nSPS) is 15.1. The Labute approximate surface area is 142 Å². The summed E-state index contributed by atoms with van der Waals surface area (Å²) < 4.78 is 1.79. The van der Waals surface area contributed by atoms with Gasteiger partial charge in [0.15, 0.2) is 0 Å². The third-order valence-electron chi connectivity index (χ3n) is 4.75. The molecule has 0 aliphatic carbocycles. The number of hydrogen-bond donors (Lipinski definition) is 0.